The van der Waals surface area contributed by atoms with Crippen molar-refractivity contribution in [2.75, 3.05) is 18.6 Å². The average Bonchev–Trinajstić information content (AvgIpc) is 2.38. The summed E-state index contributed by atoms with van der Waals surface area (Å²) in [5.74, 6) is 0. The van der Waals surface area contributed by atoms with Gasteiger partial charge in [0, 0.05) is 0 Å². The van der Waals surface area contributed by atoms with Crippen LogP contribution in [0, 0.1) is 0 Å². The lowest BCUT2D eigenvalue weighted by Gasteiger charge is -2.21. The fourth-order valence-corrected chi connectivity index (χ4v) is 1.31. The zero-order valence-corrected chi connectivity index (χ0v) is 12.1. The summed E-state index contributed by atoms with van der Waals surface area (Å²) in [4.78, 5) is 16.7. The molecule has 0 saturated carbocycles. The Morgan fingerprint density at radius 1 is 1.30 bits per heavy atom. The molecule has 0 spiro atoms. The highest BCUT2D eigenvalue weighted by atomic mass is 16.7. The van der Waals surface area contributed by atoms with Gasteiger partial charge in [0.15, 0.2) is 0 Å². The van der Waals surface area contributed by atoms with E-state index in [4.69, 9.17) is 9.57 Å². The first-order valence-corrected chi connectivity index (χ1v) is 6.45. The van der Waals surface area contributed by atoms with Crippen LogP contribution in [0.1, 0.15) is 20.8 Å². The third-order valence-corrected chi connectivity index (χ3v) is 2.19. The number of rotatable bonds is 6. The molecule has 0 aromatic heterocycles. The molecule has 3 N–H and O–H groups in total. The van der Waals surface area contributed by atoms with Crippen molar-refractivity contribution in [2.45, 2.75) is 32.5 Å². The van der Waals surface area contributed by atoms with Gasteiger partial charge in [-0.2, -0.15) is 0 Å². The van der Waals surface area contributed by atoms with Crippen molar-refractivity contribution < 1.29 is 19.5 Å². The minimum atomic E-state index is -0.567. The number of alkyl carbamates (subject to hydrolysis) is 1. The number of aliphatic hydroxyl groups is 1. The number of hydrogen-bond donors (Lipinski definition) is 3. The Kier molecular flexibility index (Phi) is 6.27. The second kappa shape index (κ2) is 7.72. The van der Waals surface area contributed by atoms with Gasteiger partial charge in [-0.25, -0.2) is 4.79 Å². The quantitative estimate of drug-likeness (QED) is 0.695. The molecule has 6 heteroatoms. The van der Waals surface area contributed by atoms with E-state index in [1.165, 1.54) is 0 Å². The maximum absolute atomic E-state index is 11.5. The standard InChI is InChI=1S/C14H22N2O4/c1-14(2,3)19-13(18)15-9-12(10-17)20-16-11-7-5-4-6-8-11/h4-8,12,16-17H,9-10H2,1-3H3,(H,15,18)/t12-/m1/s1. The van der Waals surface area contributed by atoms with Crippen LogP contribution in [-0.2, 0) is 9.57 Å². The molecule has 0 radical (unpaired) electrons. The molecule has 1 amide bonds. The van der Waals surface area contributed by atoms with Crippen LogP contribution >= 0.6 is 0 Å². The van der Waals surface area contributed by atoms with Crippen molar-refractivity contribution in [3.8, 4) is 0 Å². The van der Waals surface area contributed by atoms with Crippen molar-refractivity contribution in [2.24, 2.45) is 0 Å². The molecule has 0 saturated heterocycles. The van der Waals surface area contributed by atoms with E-state index in [1.807, 2.05) is 30.3 Å². The maximum atomic E-state index is 11.5. The van der Waals surface area contributed by atoms with Crippen molar-refractivity contribution in [1.29, 1.82) is 0 Å². The fourth-order valence-electron chi connectivity index (χ4n) is 1.31. The Morgan fingerprint density at radius 2 is 1.95 bits per heavy atom. The van der Waals surface area contributed by atoms with Crippen LogP contribution in [0.4, 0.5) is 10.5 Å². The molecular weight excluding hydrogens is 260 g/mol. The summed E-state index contributed by atoms with van der Waals surface area (Å²) in [5, 5.41) is 11.7. The monoisotopic (exact) mass is 282 g/mol. The molecule has 0 aliphatic rings. The van der Waals surface area contributed by atoms with E-state index >= 15 is 0 Å². The molecule has 0 unspecified atom stereocenters. The molecule has 0 fully saturated rings. The number of aliphatic hydroxyl groups excluding tert-OH is 1. The minimum Gasteiger partial charge on any atom is -0.444 e. The maximum Gasteiger partial charge on any atom is 0.407 e. The number of hydrogen-bond acceptors (Lipinski definition) is 5. The molecule has 0 aliphatic carbocycles. The first-order valence-electron chi connectivity index (χ1n) is 6.45. The average molecular weight is 282 g/mol. The van der Waals surface area contributed by atoms with E-state index in [0.717, 1.165) is 5.69 Å². The smallest absolute Gasteiger partial charge is 0.407 e. The second-order valence-corrected chi connectivity index (χ2v) is 5.27. The van der Waals surface area contributed by atoms with E-state index in [1.54, 1.807) is 20.8 Å². The van der Waals surface area contributed by atoms with Gasteiger partial charge in [0.1, 0.15) is 11.7 Å². The van der Waals surface area contributed by atoms with Gasteiger partial charge in [-0.1, -0.05) is 18.2 Å². The number of carbonyl (C=O) groups excluding carboxylic acids is 1. The highest BCUT2D eigenvalue weighted by Crippen LogP contribution is 2.07. The Hall–Kier alpha value is -1.79. The van der Waals surface area contributed by atoms with Gasteiger partial charge in [-0.15, -0.1) is 0 Å². The van der Waals surface area contributed by atoms with Crippen molar-refractivity contribution in [3.63, 3.8) is 0 Å². The molecule has 6 nitrogen and oxygen atoms in total. The largest absolute Gasteiger partial charge is 0.444 e. The van der Waals surface area contributed by atoms with Gasteiger partial charge in [0.2, 0.25) is 0 Å². The number of ether oxygens (including phenoxy) is 1. The number of carbonyl (C=O) groups is 1. The Morgan fingerprint density at radius 3 is 2.50 bits per heavy atom. The highest BCUT2D eigenvalue weighted by Gasteiger charge is 2.17. The number of amides is 1. The summed E-state index contributed by atoms with van der Waals surface area (Å²) in [6, 6.07) is 9.27. The first kappa shape index (κ1) is 16.3. The van der Waals surface area contributed by atoms with Gasteiger partial charge in [-0.05, 0) is 32.9 Å². The van der Waals surface area contributed by atoms with Crippen molar-refractivity contribution in [1.82, 2.24) is 5.32 Å². The molecule has 1 atom stereocenters. The molecule has 112 valence electrons. The zero-order chi connectivity index (χ0) is 15.0. The summed E-state index contributed by atoms with van der Waals surface area (Å²) in [7, 11) is 0. The lowest BCUT2D eigenvalue weighted by Crippen LogP contribution is -2.39. The third-order valence-electron chi connectivity index (χ3n) is 2.19. The Labute approximate surface area is 119 Å². The molecule has 1 rings (SSSR count). The van der Waals surface area contributed by atoms with Gasteiger partial charge < -0.3 is 15.2 Å². The normalized spacial score (nSPS) is 12.6. The number of nitrogens with one attached hydrogen (secondary N) is 2. The summed E-state index contributed by atoms with van der Waals surface area (Å²) < 4.78 is 5.09. The van der Waals surface area contributed by atoms with Gasteiger partial charge in [0.05, 0.1) is 18.8 Å². The minimum absolute atomic E-state index is 0.144. The molecule has 0 aliphatic heterocycles. The van der Waals surface area contributed by atoms with Crippen LogP contribution in [0.3, 0.4) is 0 Å². The van der Waals surface area contributed by atoms with Crippen LogP contribution in [0.5, 0.6) is 0 Å². The highest BCUT2D eigenvalue weighted by molar-refractivity contribution is 5.67. The third kappa shape index (κ3) is 6.96. The molecule has 20 heavy (non-hydrogen) atoms. The Bertz CT molecular complexity index is 403. The predicted octanol–water partition coefficient (Wildman–Crippen LogP) is 1.92. The van der Waals surface area contributed by atoms with E-state index in [9.17, 15) is 9.90 Å². The van der Waals surface area contributed by atoms with E-state index in [2.05, 4.69) is 10.8 Å². The SMILES string of the molecule is CC(C)(C)OC(=O)NC[C@H](CO)ONc1ccccc1. The van der Waals surface area contributed by atoms with Crippen molar-refractivity contribution >= 4 is 11.8 Å². The van der Waals surface area contributed by atoms with Crippen LogP contribution in [0.25, 0.3) is 0 Å². The molecule has 0 bridgehead atoms. The number of anilines is 1. The lowest BCUT2D eigenvalue weighted by molar-refractivity contribution is 0.0319. The lowest BCUT2D eigenvalue weighted by atomic mass is 10.2. The van der Waals surface area contributed by atoms with Crippen LogP contribution in [-0.4, -0.2) is 36.1 Å². The van der Waals surface area contributed by atoms with Crippen LogP contribution in [0.2, 0.25) is 0 Å². The summed E-state index contributed by atoms with van der Waals surface area (Å²) in [6.07, 6.45) is -1.11. The summed E-state index contributed by atoms with van der Waals surface area (Å²) >= 11 is 0. The van der Waals surface area contributed by atoms with E-state index < -0.39 is 17.8 Å². The number of benzene rings is 1. The fraction of sp³-hybridized carbons (Fsp3) is 0.500. The molecule has 1 aromatic carbocycles. The van der Waals surface area contributed by atoms with Gasteiger partial charge in [-0.3, -0.25) is 10.3 Å². The first-order chi connectivity index (χ1) is 9.40. The molecular formula is C14H22N2O4. The van der Waals surface area contributed by atoms with Gasteiger partial charge in [0.25, 0.3) is 0 Å². The predicted molar refractivity (Wildman–Crippen MR) is 76.3 cm³/mol. The topological polar surface area (TPSA) is 79.8 Å². The number of para-hydroxylation sites is 1. The Balaban J connectivity index is 2.31. The van der Waals surface area contributed by atoms with E-state index in [0.29, 0.717) is 0 Å². The van der Waals surface area contributed by atoms with Gasteiger partial charge >= 0.3 is 6.09 Å². The molecule has 0 heterocycles. The molecule has 1 aromatic rings. The van der Waals surface area contributed by atoms with Crippen molar-refractivity contribution in [3.05, 3.63) is 30.3 Å². The summed E-state index contributed by atoms with van der Waals surface area (Å²) in [5.41, 5.74) is 2.93. The van der Waals surface area contributed by atoms with E-state index in [-0.39, 0.29) is 13.2 Å². The summed E-state index contributed by atoms with van der Waals surface area (Å²) in [6.45, 7) is 5.26. The zero-order valence-electron chi connectivity index (χ0n) is 12.1. The van der Waals surface area contributed by atoms with Crippen LogP contribution < -0.4 is 10.8 Å². The van der Waals surface area contributed by atoms with Crippen LogP contribution in [0.15, 0.2) is 30.3 Å². The second-order valence-electron chi connectivity index (χ2n) is 5.27.